The SMILES string of the molecule is O=C(C1=C(c2ccc(Cl)cc2)Nc2ccccc2S1)c1cc(-c2csc(-c3cccnc3)n2)ccc1O. The van der Waals surface area contributed by atoms with E-state index in [0.29, 0.717) is 15.6 Å². The molecule has 0 aliphatic carbocycles. The highest BCUT2D eigenvalue weighted by Gasteiger charge is 2.27. The molecular formula is C29H18ClN3O2S2. The molecule has 3 heterocycles. The molecule has 5 aromatic rings. The number of aromatic hydroxyl groups is 1. The second-order valence-electron chi connectivity index (χ2n) is 8.27. The van der Waals surface area contributed by atoms with Crippen molar-refractivity contribution >= 4 is 51.9 Å². The number of thiazole rings is 1. The van der Waals surface area contributed by atoms with Crippen molar-refractivity contribution in [2.24, 2.45) is 0 Å². The van der Waals surface area contributed by atoms with Crippen LogP contribution in [-0.2, 0) is 0 Å². The molecule has 0 fully saturated rings. The maximum atomic E-state index is 14.0. The molecule has 1 aliphatic rings. The lowest BCUT2D eigenvalue weighted by Crippen LogP contribution is -2.13. The van der Waals surface area contributed by atoms with Gasteiger partial charge in [0.25, 0.3) is 0 Å². The van der Waals surface area contributed by atoms with Gasteiger partial charge in [0.1, 0.15) is 10.8 Å². The molecule has 0 saturated heterocycles. The Balaban J connectivity index is 1.41. The summed E-state index contributed by atoms with van der Waals surface area (Å²) in [5, 5.41) is 17.5. The van der Waals surface area contributed by atoms with Gasteiger partial charge in [-0.15, -0.1) is 11.3 Å². The maximum Gasteiger partial charge on any atom is 0.205 e. The Morgan fingerprint density at radius 3 is 2.54 bits per heavy atom. The predicted octanol–water partition coefficient (Wildman–Crippen LogP) is 8.00. The smallest absolute Gasteiger partial charge is 0.205 e. The van der Waals surface area contributed by atoms with Gasteiger partial charge in [-0.2, -0.15) is 0 Å². The summed E-state index contributed by atoms with van der Waals surface area (Å²) in [5.74, 6) is -0.363. The molecule has 0 radical (unpaired) electrons. The van der Waals surface area contributed by atoms with Crippen LogP contribution >= 0.6 is 34.7 Å². The van der Waals surface area contributed by atoms with Crippen LogP contribution < -0.4 is 5.32 Å². The summed E-state index contributed by atoms with van der Waals surface area (Å²) in [6.07, 6.45) is 3.49. The molecule has 2 aromatic heterocycles. The van der Waals surface area contributed by atoms with Crippen LogP contribution in [0.15, 0.2) is 106 Å². The number of allylic oxidation sites excluding steroid dienone is 1. The molecule has 6 rings (SSSR count). The number of thioether (sulfide) groups is 1. The second kappa shape index (κ2) is 9.86. The van der Waals surface area contributed by atoms with Crippen molar-refractivity contribution in [3.63, 3.8) is 0 Å². The van der Waals surface area contributed by atoms with Crippen LogP contribution in [0.25, 0.3) is 27.5 Å². The van der Waals surface area contributed by atoms with Gasteiger partial charge < -0.3 is 10.4 Å². The van der Waals surface area contributed by atoms with Gasteiger partial charge in [0.05, 0.1) is 27.5 Å². The first-order valence-corrected chi connectivity index (χ1v) is 13.4. The third-order valence-electron chi connectivity index (χ3n) is 5.87. The largest absolute Gasteiger partial charge is 0.507 e. The molecular weight excluding hydrogens is 522 g/mol. The first kappa shape index (κ1) is 23.5. The summed E-state index contributed by atoms with van der Waals surface area (Å²) in [6.45, 7) is 0. The van der Waals surface area contributed by atoms with E-state index in [4.69, 9.17) is 16.6 Å². The molecule has 0 atom stereocenters. The van der Waals surface area contributed by atoms with Crippen LogP contribution in [0.2, 0.25) is 5.02 Å². The minimum Gasteiger partial charge on any atom is -0.507 e. The number of hydrogen-bond donors (Lipinski definition) is 2. The number of nitrogens with one attached hydrogen (secondary N) is 1. The third kappa shape index (κ3) is 4.64. The molecule has 1 aliphatic heterocycles. The Morgan fingerprint density at radius 1 is 0.919 bits per heavy atom. The summed E-state index contributed by atoms with van der Waals surface area (Å²) in [4.78, 5) is 24.3. The van der Waals surface area contributed by atoms with Gasteiger partial charge in [-0.05, 0) is 60.2 Å². The van der Waals surface area contributed by atoms with Crippen LogP contribution in [-0.4, -0.2) is 20.9 Å². The van der Waals surface area contributed by atoms with Gasteiger partial charge in [0.2, 0.25) is 5.78 Å². The number of carbonyl (C=O) groups is 1. The summed E-state index contributed by atoms with van der Waals surface area (Å²) in [5.41, 5.74) is 5.02. The van der Waals surface area contributed by atoms with Crippen molar-refractivity contribution in [3.05, 3.63) is 118 Å². The predicted molar refractivity (Wildman–Crippen MR) is 151 cm³/mol. The number of rotatable bonds is 5. The normalized spacial score (nSPS) is 12.7. The number of pyridine rings is 1. The van der Waals surface area contributed by atoms with E-state index in [2.05, 4.69) is 10.3 Å². The van der Waals surface area contributed by atoms with E-state index < -0.39 is 0 Å². The highest BCUT2D eigenvalue weighted by atomic mass is 35.5. The number of halogens is 1. The molecule has 2 N–H and O–H groups in total. The van der Waals surface area contributed by atoms with E-state index in [1.54, 1.807) is 42.7 Å². The van der Waals surface area contributed by atoms with E-state index in [1.165, 1.54) is 23.1 Å². The average Bonchev–Trinajstić information content (AvgIpc) is 3.44. The van der Waals surface area contributed by atoms with Gasteiger partial charge in [0, 0.05) is 38.8 Å². The molecule has 0 bridgehead atoms. The lowest BCUT2D eigenvalue weighted by molar-refractivity contribution is 0.104. The Morgan fingerprint density at radius 2 is 1.73 bits per heavy atom. The van der Waals surface area contributed by atoms with E-state index in [1.807, 2.05) is 53.9 Å². The lowest BCUT2D eigenvalue weighted by Gasteiger charge is -2.24. The number of phenols is 1. The van der Waals surface area contributed by atoms with Crippen molar-refractivity contribution in [1.82, 2.24) is 9.97 Å². The van der Waals surface area contributed by atoms with Crippen LogP contribution in [0.3, 0.4) is 0 Å². The number of aromatic nitrogens is 2. The van der Waals surface area contributed by atoms with Crippen LogP contribution in [0.1, 0.15) is 15.9 Å². The lowest BCUT2D eigenvalue weighted by atomic mass is 10.0. The molecule has 0 saturated carbocycles. The molecule has 5 nitrogen and oxygen atoms in total. The number of ketones is 1. The van der Waals surface area contributed by atoms with Crippen molar-refractivity contribution in [2.45, 2.75) is 4.90 Å². The molecule has 37 heavy (non-hydrogen) atoms. The first-order valence-electron chi connectivity index (χ1n) is 11.3. The van der Waals surface area contributed by atoms with E-state index in [-0.39, 0.29) is 17.1 Å². The Hall–Kier alpha value is -3.91. The third-order valence-corrected chi connectivity index (χ3v) is 8.19. The van der Waals surface area contributed by atoms with Crippen molar-refractivity contribution in [3.8, 4) is 27.6 Å². The molecule has 0 unspecified atom stereocenters. The second-order valence-corrected chi connectivity index (χ2v) is 10.6. The van der Waals surface area contributed by atoms with E-state index in [9.17, 15) is 9.90 Å². The zero-order chi connectivity index (χ0) is 25.4. The van der Waals surface area contributed by atoms with Gasteiger partial charge in [-0.25, -0.2) is 4.98 Å². The van der Waals surface area contributed by atoms with E-state index >= 15 is 0 Å². The number of fused-ring (bicyclic) bond motifs is 1. The number of Topliss-reactive ketones (excluding diaryl/α,β-unsaturated/α-hetero) is 1. The minimum absolute atomic E-state index is 0.0844. The fourth-order valence-corrected chi connectivity index (χ4v) is 6.03. The molecule has 0 spiro atoms. The number of anilines is 1. The van der Waals surface area contributed by atoms with Crippen molar-refractivity contribution in [2.75, 3.05) is 5.32 Å². The highest BCUT2D eigenvalue weighted by molar-refractivity contribution is 8.04. The Bertz CT molecular complexity index is 1660. The topological polar surface area (TPSA) is 75.1 Å². The van der Waals surface area contributed by atoms with Crippen LogP contribution in [0, 0.1) is 0 Å². The van der Waals surface area contributed by atoms with Gasteiger partial charge in [0.15, 0.2) is 0 Å². The molecule has 0 amide bonds. The first-order chi connectivity index (χ1) is 18.1. The zero-order valence-corrected chi connectivity index (χ0v) is 21.6. The number of benzene rings is 3. The van der Waals surface area contributed by atoms with Gasteiger partial charge >= 0.3 is 0 Å². The number of para-hydroxylation sites is 1. The standard InChI is InChI=1S/C29H18ClN3O2S2/c30-20-10-7-17(8-11-20)26-28(37-25-6-2-1-5-22(25)32-26)27(35)21-14-18(9-12-24(21)34)23-16-36-29(33-23)19-4-3-13-31-15-19/h1-16,32,34H. The molecule has 180 valence electrons. The number of phenolic OH excluding ortho intramolecular Hbond substituents is 1. The van der Waals surface area contributed by atoms with Crippen LogP contribution in [0.5, 0.6) is 5.75 Å². The van der Waals surface area contributed by atoms with E-state index in [0.717, 1.165) is 38.0 Å². The number of nitrogens with zero attached hydrogens (tertiary/aromatic N) is 2. The van der Waals surface area contributed by atoms with Gasteiger partial charge in [-0.1, -0.05) is 47.6 Å². The summed E-state index contributed by atoms with van der Waals surface area (Å²) < 4.78 is 0. The zero-order valence-electron chi connectivity index (χ0n) is 19.2. The quantitative estimate of drug-likeness (QED) is 0.220. The number of carbonyl (C=O) groups excluding carboxylic acids is 1. The molecule has 3 aromatic carbocycles. The molecule has 8 heteroatoms. The summed E-state index contributed by atoms with van der Waals surface area (Å²) >= 11 is 9.00. The monoisotopic (exact) mass is 539 g/mol. The Labute approximate surface area is 226 Å². The minimum atomic E-state index is -0.279. The number of hydrogen-bond acceptors (Lipinski definition) is 7. The highest BCUT2D eigenvalue weighted by Crippen LogP contribution is 2.45. The van der Waals surface area contributed by atoms with Gasteiger partial charge in [-0.3, -0.25) is 9.78 Å². The summed E-state index contributed by atoms with van der Waals surface area (Å²) in [7, 11) is 0. The van der Waals surface area contributed by atoms with Crippen molar-refractivity contribution < 1.29 is 9.90 Å². The fraction of sp³-hybridized carbons (Fsp3) is 0. The Kier molecular flexibility index (Phi) is 6.26. The average molecular weight is 540 g/mol. The van der Waals surface area contributed by atoms with Crippen molar-refractivity contribution in [1.29, 1.82) is 0 Å². The maximum absolute atomic E-state index is 14.0. The summed E-state index contributed by atoms with van der Waals surface area (Å²) in [6, 6.07) is 24.0. The fourth-order valence-electron chi connectivity index (χ4n) is 4.02. The van der Waals surface area contributed by atoms with Crippen LogP contribution in [0.4, 0.5) is 5.69 Å².